The second kappa shape index (κ2) is 6.96. The highest BCUT2D eigenvalue weighted by atomic mass is 35.5. The second-order valence-electron chi connectivity index (χ2n) is 5.60. The first-order valence-corrected chi connectivity index (χ1v) is 8.67. The lowest BCUT2D eigenvalue weighted by molar-refractivity contribution is -0.125. The van der Waals surface area contributed by atoms with Crippen molar-refractivity contribution in [3.05, 3.63) is 38.0 Å². The van der Waals surface area contributed by atoms with Crippen LogP contribution in [0, 0.1) is 0 Å². The van der Waals surface area contributed by atoms with E-state index in [1.54, 1.807) is 0 Å². The first-order valence-electron chi connectivity index (χ1n) is 7.53. The highest BCUT2D eigenvalue weighted by molar-refractivity contribution is 6.51. The highest BCUT2D eigenvalue weighted by Crippen LogP contribution is 2.43. The van der Waals surface area contributed by atoms with Crippen molar-refractivity contribution >= 4 is 58.6 Å². The molecule has 0 atom stereocenters. The maximum Gasteiger partial charge on any atom is 0.263 e. The van der Waals surface area contributed by atoms with Crippen LogP contribution in [0.25, 0.3) is 6.08 Å². The number of carbonyl (C=O) groups excluding carboxylic acids is 3. The van der Waals surface area contributed by atoms with Crippen molar-refractivity contribution in [2.45, 2.75) is 12.8 Å². The van der Waals surface area contributed by atoms with E-state index in [2.05, 4.69) is 0 Å². The molecule has 2 aliphatic heterocycles. The summed E-state index contributed by atoms with van der Waals surface area (Å²) in [6, 6.07) is 0. The molecule has 1 saturated heterocycles. The van der Waals surface area contributed by atoms with Crippen molar-refractivity contribution in [3.8, 4) is 0 Å². The zero-order valence-corrected chi connectivity index (χ0v) is 15.2. The number of fused-ring (bicyclic) bond motifs is 1. The van der Waals surface area contributed by atoms with Gasteiger partial charge in [0.25, 0.3) is 11.8 Å². The Morgan fingerprint density at radius 2 is 1.68 bits per heavy atom. The summed E-state index contributed by atoms with van der Waals surface area (Å²) in [6.45, 7) is 0.0314. The number of imide groups is 1. The average molecular weight is 404 g/mol. The summed E-state index contributed by atoms with van der Waals surface area (Å²) in [7, 11) is 0. The number of carbonyl (C=O) groups is 3. The largest absolute Gasteiger partial charge is 0.395 e. The smallest absolute Gasteiger partial charge is 0.263 e. The average Bonchev–Trinajstić information content (AvgIpc) is 3.09. The fraction of sp³-hybridized carbons (Fsp3) is 0.312. The predicted molar refractivity (Wildman–Crippen MR) is 93.9 cm³/mol. The second-order valence-corrected chi connectivity index (χ2v) is 6.73. The number of rotatable bonds is 4. The minimum absolute atomic E-state index is 0.0281. The van der Waals surface area contributed by atoms with Gasteiger partial charge in [-0.3, -0.25) is 19.3 Å². The molecule has 3 rings (SSSR count). The first-order chi connectivity index (χ1) is 11.9. The van der Waals surface area contributed by atoms with Gasteiger partial charge in [-0.05, 0) is 12.5 Å². The SMILES string of the molecule is O=C1CCCN1/C=C\c1c(Cl)c(Cl)c(Cl)c2c1C(=O)N(CCO)C2=O. The zero-order valence-electron chi connectivity index (χ0n) is 12.9. The van der Waals surface area contributed by atoms with Crippen LogP contribution >= 0.6 is 34.8 Å². The lowest BCUT2D eigenvalue weighted by Crippen LogP contribution is -2.32. The Labute approximate surface area is 158 Å². The van der Waals surface area contributed by atoms with Crippen LogP contribution in [0.5, 0.6) is 0 Å². The monoisotopic (exact) mass is 402 g/mol. The molecule has 0 spiro atoms. The number of amides is 3. The molecule has 6 nitrogen and oxygen atoms in total. The van der Waals surface area contributed by atoms with Crippen molar-refractivity contribution in [1.29, 1.82) is 0 Å². The number of aliphatic hydroxyl groups is 1. The van der Waals surface area contributed by atoms with Gasteiger partial charge in [0.15, 0.2) is 0 Å². The molecule has 1 fully saturated rings. The van der Waals surface area contributed by atoms with Crippen LogP contribution in [0.1, 0.15) is 39.1 Å². The van der Waals surface area contributed by atoms with E-state index in [-0.39, 0.29) is 50.8 Å². The van der Waals surface area contributed by atoms with Gasteiger partial charge in [0.2, 0.25) is 5.91 Å². The fourth-order valence-corrected chi connectivity index (χ4v) is 3.68. The Morgan fingerprint density at radius 3 is 2.28 bits per heavy atom. The van der Waals surface area contributed by atoms with E-state index in [9.17, 15) is 14.4 Å². The van der Waals surface area contributed by atoms with Crippen molar-refractivity contribution in [1.82, 2.24) is 9.80 Å². The van der Waals surface area contributed by atoms with Crippen LogP contribution in [-0.4, -0.2) is 52.3 Å². The molecule has 0 aliphatic carbocycles. The standard InChI is InChI=1S/C16H13Cl3N2O4/c17-12-8(3-5-20-4-1-2-9(20)23)10-11(13(18)14(12)19)16(25)21(6-7-22)15(10)24/h3,5,22H,1-2,4,6-7H2/b5-3-. The van der Waals surface area contributed by atoms with Crippen molar-refractivity contribution in [3.63, 3.8) is 0 Å². The van der Waals surface area contributed by atoms with E-state index in [1.165, 1.54) is 17.2 Å². The minimum Gasteiger partial charge on any atom is -0.395 e. The van der Waals surface area contributed by atoms with E-state index in [4.69, 9.17) is 39.9 Å². The quantitative estimate of drug-likeness (QED) is 0.619. The molecule has 0 aromatic heterocycles. The number of β-amino-alcohol motifs (C(OH)–C–C–N with tert-alkyl or cyclic N) is 1. The number of aliphatic hydroxyl groups excluding tert-OH is 1. The Balaban J connectivity index is 2.13. The van der Waals surface area contributed by atoms with Crippen LogP contribution in [0.4, 0.5) is 0 Å². The van der Waals surface area contributed by atoms with E-state index in [0.717, 1.165) is 11.3 Å². The third kappa shape index (κ3) is 2.93. The van der Waals surface area contributed by atoms with Crippen LogP contribution in [0.3, 0.4) is 0 Å². The Bertz CT molecular complexity index is 822. The van der Waals surface area contributed by atoms with Gasteiger partial charge in [-0.25, -0.2) is 0 Å². The van der Waals surface area contributed by atoms with Crippen LogP contribution in [0.15, 0.2) is 6.20 Å². The number of benzene rings is 1. The number of nitrogens with zero attached hydrogens (tertiary/aromatic N) is 2. The Kier molecular flexibility index (Phi) is 5.06. The molecular formula is C16H13Cl3N2O4. The number of hydrogen-bond acceptors (Lipinski definition) is 4. The van der Waals surface area contributed by atoms with Crippen molar-refractivity contribution in [2.75, 3.05) is 19.7 Å². The van der Waals surface area contributed by atoms with Crippen LogP contribution in [0.2, 0.25) is 15.1 Å². The van der Waals surface area contributed by atoms with E-state index in [1.807, 2.05) is 0 Å². The molecule has 132 valence electrons. The lowest BCUT2D eigenvalue weighted by atomic mass is 10.0. The third-order valence-corrected chi connectivity index (χ3v) is 5.48. The molecule has 1 aromatic carbocycles. The highest BCUT2D eigenvalue weighted by Gasteiger charge is 2.41. The Morgan fingerprint density at radius 1 is 1.00 bits per heavy atom. The van der Waals surface area contributed by atoms with Gasteiger partial charge in [0.1, 0.15) is 0 Å². The fourth-order valence-electron chi connectivity index (χ4n) is 2.91. The maximum absolute atomic E-state index is 12.6. The summed E-state index contributed by atoms with van der Waals surface area (Å²) in [6.07, 6.45) is 4.21. The molecule has 0 saturated carbocycles. The van der Waals surface area contributed by atoms with Crippen LogP contribution in [-0.2, 0) is 4.79 Å². The Hall–Kier alpha value is -1.60. The molecule has 9 heteroatoms. The molecule has 3 amide bonds. The van der Waals surface area contributed by atoms with Gasteiger partial charge < -0.3 is 10.0 Å². The summed E-state index contributed by atoms with van der Waals surface area (Å²) in [5.41, 5.74) is 0.215. The first kappa shape index (κ1) is 18.2. The molecular weight excluding hydrogens is 391 g/mol. The number of likely N-dealkylation sites (tertiary alicyclic amines) is 1. The molecule has 2 heterocycles. The summed E-state index contributed by atoms with van der Waals surface area (Å²) in [5, 5.41) is 8.96. The van der Waals surface area contributed by atoms with Crippen molar-refractivity contribution in [2.24, 2.45) is 0 Å². The number of hydrogen-bond donors (Lipinski definition) is 1. The maximum atomic E-state index is 12.6. The van der Waals surface area contributed by atoms with E-state index < -0.39 is 11.8 Å². The van der Waals surface area contributed by atoms with E-state index in [0.29, 0.717) is 13.0 Å². The molecule has 1 N–H and O–H groups in total. The zero-order chi connectivity index (χ0) is 18.3. The normalized spacial score (nSPS) is 17.4. The molecule has 1 aromatic rings. The molecule has 0 radical (unpaired) electrons. The minimum atomic E-state index is -0.635. The van der Waals surface area contributed by atoms with Crippen molar-refractivity contribution < 1.29 is 19.5 Å². The van der Waals surface area contributed by atoms with E-state index >= 15 is 0 Å². The van der Waals surface area contributed by atoms with Gasteiger partial charge in [0.05, 0.1) is 39.3 Å². The van der Waals surface area contributed by atoms with Gasteiger partial charge in [-0.1, -0.05) is 34.8 Å². The summed E-state index contributed by atoms with van der Waals surface area (Å²) in [4.78, 5) is 39.2. The number of halogens is 3. The van der Waals surface area contributed by atoms with Gasteiger partial charge >= 0.3 is 0 Å². The molecule has 0 unspecified atom stereocenters. The van der Waals surface area contributed by atoms with Gasteiger partial charge in [0, 0.05) is 24.7 Å². The lowest BCUT2D eigenvalue weighted by Gasteiger charge is -2.12. The van der Waals surface area contributed by atoms with Gasteiger partial charge in [-0.2, -0.15) is 0 Å². The topological polar surface area (TPSA) is 77.9 Å². The van der Waals surface area contributed by atoms with Gasteiger partial charge in [-0.15, -0.1) is 0 Å². The molecule has 2 aliphatic rings. The summed E-state index contributed by atoms with van der Waals surface area (Å²) >= 11 is 18.5. The summed E-state index contributed by atoms with van der Waals surface area (Å²) in [5.74, 6) is -1.28. The summed E-state index contributed by atoms with van der Waals surface area (Å²) < 4.78 is 0. The molecule has 0 bridgehead atoms. The third-order valence-electron chi connectivity index (χ3n) is 4.13. The predicted octanol–water partition coefficient (Wildman–Crippen LogP) is 2.83. The molecule has 25 heavy (non-hydrogen) atoms. The van der Waals surface area contributed by atoms with Crippen LogP contribution < -0.4 is 0 Å².